The second-order valence-electron chi connectivity index (χ2n) is 8.55. The van der Waals surface area contributed by atoms with Gasteiger partial charge in [0.2, 0.25) is 0 Å². The molecule has 0 saturated heterocycles. The molecule has 1 aliphatic rings. The van der Waals surface area contributed by atoms with E-state index in [9.17, 15) is 22.0 Å². The molecular weight excluding hydrogens is 495 g/mol. The predicted octanol–water partition coefficient (Wildman–Crippen LogP) is 8.20. The van der Waals surface area contributed by atoms with Crippen molar-refractivity contribution in [3.63, 3.8) is 0 Å². The molecule has 0 atom stereocenters. The van der Waals surface area contributed by atoms with Crippen molar-refractivity contribution in [1.29, 1.82) is 0 Å². The molecule has 0 spiro atoms. The van der Waals surface area contributed by atoms with Crippen LogP contribution in [0.4, 0.5) is 27.8 Å². The highest BCUT2D eigenvalue weighted by Gasteiger charge is 2.36. The average molecular weight is 521 g/mol. The summed E-state index contributed by atoms with van der Waals surface area (Å²) in [5.74, 6) is -1.45. The summed E-state index contributed by atoms with van der Waals surface area (Å²) >= 11 is 1.51. The number of aromatic nitrogens is 3. The number of allylic oxidation sites excluding steroid dienone is 1. The summed E-state index contributed by atoms with van der Waals surface area (Å²) in [5.41, 5.74) is 1.81. The van der Waals surface area contributed by atoms with Gasteiger partial charge in [0, 0.05) is 53.9 Å². The van der Waals surface area contributed by atoms with Gasteiger partial charge < -0.3 is 4.57 Å². The summed E-state index contributed by atoms with van der Waals surface area (Å²) < 4.78 is 69.7. The van der Waals surface area contributed by atoms with Crippen molar-refractivity contribution in [1.82, 2.24) is 14.5 Å². The van der Waals surface area contributed by atoms with E-state index in [1.165, 1.54) is 23.9 Å². The lowest BCUT2D eigenvalue weighted by Crippen LogP contribution is -2.14. The molecule has 190 valence electrons. The molecule has 0 saturated carbocycles. The Morgan fingerprint density at radius 3 is 2.31 bits per heavy atom. The normalized spacial score (nSPS) is 14.2. The van der Waals surface area contributed by atoms with Crippen molar-refractivity contribution < 1.29 is 22.0 Å². The first kappa shape index (κ1) is 26.1. The van der Waals surface area contributed by atoms with Gasteiger partial charge in [-0.05, 0) is 29.9 Å². The second kappa shape index (κ2) is 9.80. The van der Waals surface area contributed by atoms with Crippen LogP contribution in [0.5, 0.6) is 0 Å². The van der Waals surface area contributed by atoms with Gasteiger partial charge in [-0.15, -0.1) is 11.8 Å². The van der Waals surface area contributed by atoms with Crippen LogP contribution >= 0.6 is 11.8 Å². The molecule has 10 heteroatoms. The maximum atomic E-state index is 13.6. The molecule has 0 amide bonds. The highest BCUT2D eigenvalue weighted by molar-refractivity contribution is 7.99. The zero-order valence-electron chi connectivity index (χ0n) is 20.2. The van der Waals surface area contributed by atoms with Crippen molar-refractivity contribution >= 4 is 29.4 Å². The fourth-order valence-electron chi connectivity index (χ4n) is 3.95. The monoisotopic (exact) mass is 520 g/mol. The number of aliphatic imine (C=N–C) groups is 1. The van der Waals surface area contributed by atoms with Crippen molar-refractivity contribution in [2.75, 3.05) is 5.75 Å². The number of alkyl halides is 5. The van der Waals surface area contributed by atoms with Gasteiger partial charge in [-0.2, -0.15) is 13.2 Å². The Bertz CT molecular complexity index is 1330. The lowest BCUT2D eigenvalue weighted by atomic mass is 10.0. The molecule has 0 aliphatic carbocycles. The molecule has 0 fully saturated rings. The van der Waals surface area contributed by atoms with E-state index in [-0.39, 0.29) is 17.7 Å². The van der Waals surface area contributed by atoms with Gasteiger partial charge in [0.25, 0.3) is 5.92 Å². The molecule has 0 N–H and O–H groups in total. The smallest absolute Gasteiger partial charge is 0.310 e. The Morgan fingerprint density at radius 2 is 1.72 bits per heavy atom. The van der Waals surface area contributed by atoms with E-state index < -0.39 is 17.7 Å². The number of hydrogen-bond acceptors (Lipinski definition) is 4. The number of halogens is 5. The van der Waals surface area contributed by atoms with Gasteiger partial charge in [-0.3, -0.25) is 4.98 Å². The van der Waals surface area contributed by atoms with Crippen molar-refractivity contribution in [3.05, 3.63) is 53.4 Å². The third-order valence-electron chi connectivity index (χ3n) is 5.92. The van der Waals surface area contributed by atoms with Gasteiger partial charge in [-0.25, -0.2) is 18.8 Å². The number of thioether (sulfide) groups is 1. The summed E-state index contributed by atoms with van der Waals surface area (Å²) in [6.07, 6.45) is -1.67. The molecule has 36 heavy (non-hydrogen) atoms. The van der Waals surface area contributed by atoms with Gasteiger partial charge in [-0.1, -0.05) is 38.1 Å². The molecule has 4 nitrogen and oxygen atoms in total. The van der Waals surface area contributed by atoms with Crippen LogP contribution in [0.15, 0.2) is 52.0 Å². The fraction of sp³-hybridized carbons (Fsp3) is 0.346. The van der Waals surface area contributed by atoms with E-state index in [0.29, 0.717) is 29.5 Å². The highest BCUT2D eigenvalue weighted by atomic mass is 32.2. The van der Waals surface area contributed by atoms with Gasteiger partial charge in [0.1, 0.15) is 11.4 Å². The van der Waals surface area contributed by atoms with Crippen LogP contribution in [-0.4, -0.2) is 32.2 Å². The number of nitrogens with zero attached hydrogens (tertiary/aromatic N) is 4. The quantitative estimate of drug-likeness (QED) is 0.243. The van der Waals surface area contributed by atoms with Crippen LogP contribution in [0, 0.1) is 0 Å². The maximum absolute atomic E-state index is 13.6. The number of benzene rings is 1. The minimum Gasteiger partial charge on any atom is -0.310 e. The van der Waals surface area contributed by atoms with E-state index in [1.807, 2.05) is 13.0 Å². The third-order valence-corrected chi connectivity index (χ3v) is 6.83. The van der Waals surface area contributed by atoms with Crippen molar-refractivity contribution in [3.8, 4) is 22.6 Å². The summed E-state index contributed by atoms with van der Waals surface area (Å²) in [4.78, 5) is 14.4. The number of imidazole rings is 1. The molecule has 4 rings (SSSR count). The van der Waals surface area contributed by atoms with Gasteiger partial charge in [0.05, 0.1) is 0 Å². The summed E-state index contributed by atoms with van der Waals surface area (Å²) in [6.45, 7) is 4.60. The van der Waals surface area contributed by atoms with Crippen LogP contribution in [0.1, 0.15) is 44.9 Å². The molecule has 0 unspecified atom stereocenters. The number of rotatable bonds is 6. The summed E-state index contributed by atoms with van der Waals surface area (Å²) in [7, 11) is 1.71. The van der Waals surface area contributed by atoms with E-state index >= 15 is 0 Å². The Hall–Kier alpha value is -3.01. The highest BCUT2D eigenvalue weighted by Crippen LogP contribution is 2.39. The van der Waals surface area contributed by atoms with Gasteiger partial charge >= 0.3 is 6.18 Å². The Balaban J connectivity index is 1.80. The molecule has 0 bridgehead atoms. The Kier molecular flexibility index (Phi) is 7.10. The summed E-state index contributed by atoms with van der Waals surface area (Å²) in [5, 5.41) is 0. The molecule has 1 aromatic carbocycles. The van der Waals surface area contributed by atoms with Crippen LogP contribution in [0.3, 0.4) is 0 Å². The first-order valence-electron chi connectivity index (χ1n) is 11.4. The predicted molar refractivity (Wildman–Crippen MR) is 134 cm³/mol. The first-order chi connectivity index (χ1) is 16.9. The minimum atomic E-state index is -4.48. The van der Waals surface area contributed by atoms with E-state index in [4.69, 9.17) is 0 Å². The van der Waals surface area contributed by atoms with E-state index in [0.717, 1.165) is 34.8 Å². The number of pyridine rings is 1. The van der Waals surface area contributed by atoms with E-state index in [1.54, 1.807) is 36.9 Å². The van der Waals surface area contributed by atoms with Crippen LogP contribution in [-0.2, 0) is 13.0 Å². The van der Waals surface area contributed by atoms with Crippen LogP contribution in [0.2, 0.25) is 0 Å². The SMILES string of the molecule is CCSc1cc(-c2ccc(C(C)(F)F)cc2)cnc1-c1nc2c(n1C)N=C(CC)CC(C(F)(F)F)=C2. The molecule has 2 aromatic heterocycles. The topological polar surface area (TPSA) is 43.1 Å². The van der Waals surface area contributed by atoms with Crippen molar-refractivity contribution in [2.45, 2.75) is 50.6 Å². The maximum Gasteiger partial charge on any atom is 0.413 e. The third kappa shape index (κ3) is 5.23. The average Bonchev–Trinajstić information content (AvgIpc) is 2.99. The van der Waals surface area contributed by atoms with Crippen molar-refractivity contribution in [2.24, 2.45) is 12.0 Å². The second-order valence-corrected chi connectivity index (χ2v) is 9.85. The minimum absolute atomic E-state index is 0.0771. The molecule has 0 radical (unpaired) electrons. The first-order valence-corrected chi connectivity index (χ1v) is 12.4. The molecule has 1 aliphatic heterocycles. The van der Waals surface area contributed by atoms with E-state index in [2.05, 4.69) is 15.0 Å². The zero-order chi connectivity index (χ0) is 26.3. The lowest BCUT2D eigenvalue weighted by molar-refractivity contribution is -0.0915. The lowest BCUT2D eigenvalue weighted by Gasteiger charge is -2.13. The zero-order valence-corrected chi connectivity index (χ0v) is 21.1. The largest absolute Gasteiger partial charge is 0.413 e. The van der Waals surface area contributed by atoms with Crippen LogP contribution < -0.4 is 0 Å². The Morgan fingerprint density at radius 1 is 1.03 bits per heavy atom. The fourth-order valence-corrected chi connectivity index (χ4v) is 4.76. The Labute approximate surface area is 210 Å². The molecule has 3 aromatic rings. The number of fused-ring (bicyclic) bond motifs is 1. The van der Waals surface area contributed by atoms with Gasteiger partial charge in [0.15, 0.2) is 11.6 Å². The standard InChI is InChI=1S/C26H25F5N4S/c1-5-19-12-18(26(29,30)31)13-20-23(33-19)35(4)24(34-20)22-21(36-6-2)11-16(14-32-22)15-7-9-17(10-8-15)25(3,27)28/h7-11,13-14H,5-6,12H2,1-4H3. The summed E-state index contributed by atoms with van der Waals surface area (Å²) in [6, 6.07) is 7.92. The molecular formula is C26H25F5N4S. The molecule has 3 heterocycles. The van der Waals surface area contributed by atoms with Crippen LogP contribution in [0.25, 0.3) is 28.7 Å². The number of hydrogen-bond donors (Lipinski definition) is 0.